The van der Waals surface area contributed by atoms with E-state index in [1.165, 1.54) is 83.6 Å². The summed E-state index contributed by atoms with van der Waals surface area (Å²) in [5.41, 5.74) is 11.3. The molecule has 0 aromatic rings. The second kappa shape index (κ2) is 8.48. The van der Waals surface area contributed by atoms with Gasteiger partial charge in [0.05, 0.1) is 17.7 Å². The van der Waals surface area contributed by atoms with Crippen LogP contribution in [0.4, 0.5) is 0 Å². The number of aliphatic hydroxyl groups is 1. The zero-order valence-corrected chi connectivity index (χ0v) is 20.9. The van der Waals surface area contributed by atoms with E-state index in [4.69, 9.17) is 16.2 Å². The molecule has 6 rings (SSSR count). The van der Waals surface area contributed by atoms with Crippen molar-refractivity contribution in [1.29, 1.82) is 0 Å². The monoisotopic (exact) mass is 449 g/mol. The van der Waals surface area contributed by atoms with E-state index < -0.39 is 0 Å². The third-order valence-corrected chi connectivity index (χ3v) is 10.9. The van der Waals surface area contributed by atoms with Gasteiger partial charge in [0.1, 0.15) is 11.7 Å². The number of quaternary nitrogens is 2. The number of piperidine rings is 1. The van der Waals surface area contributed by atoms with Gasteiger partial charge in [0, 0.05) is 37.7 Å². The number of fused-ring (bicyclic) bond motifs is 3. The molecule has 1 spiro atoms. The standard InChI is InChI=1S/C27H49N3O2/c1-24(2)22-7-10-27(32-24,18-26(22,29)11-12-31)21-14-20(13-19-5-6-23(28)30-17-19)15-25(16-21)8-3-4-9-25/h19-23,30-31H,3-18,28-29H2,1-2H3/p+2/t19?,20-,21+,22-,23?,26+,27+/m1/s1. The fraction of sp³-hybridized carbons (Fsp3) is 1.00. The number of rotatable bonds is 5. The van der Waals surface area contributed by atoms with Gasteiger partial charge in [0.25, 0.3) is 0 Å². The first-order valence-electron chi connectivity index (χ1n) is 13.9. The van der Waals surface area contributed by atoms with Crippen LogP contribution in [0.25, 0.3) is 0 Å². The van der Waals surface area contributed by atoms with E-state index in [1.807, 2.05) is 0 Å². The molecule has 0 aromatic carbocycles. The average molecular weight is 450 g/mol. The number of hydrogen-bond donors (Lipinski definition) is 4. The van der Waals surface area contributed by atoms with Crippen LogP contribution in [0, 0.1) is 29.1 Å². The summed E-state index contributed by atoms with van der Waals surface area (Å²) in [5, 5.41) is 12.3. The maximum Gasteiger partial charge on any atom is 0.137 e. The third-order valence-electron chi connectivity index (χ3n) is 10.9. The van der Waals surface area contributed by atoms with E-state index in [-0.39, 0.29) is 23.3 Å². The van der Waals surface area contributed by atoms with Crippen LogP contribution in [0.2, 0.25) is 0 Å². The Bertz CT molecular complexity index is 670. The van der Waals surface area contributed by atoms with Crippen molar-refractivity contribution in [3.05, 3.63) is 0 Å². The highest BCUT2D eigenvalue weighted by Crippen LogP contribution is 2.63. The molecule has 0 aromatic heterocycles. The fourth-order valence-corrected chi connectivity index (χ4v) is 9.80. The molecule has 8 N–H and O–H groups in total. The summed E-state index contributed by atoms with van der Waals surface area (Å²) in [6.45, 7) is 6.11. The molecule has 3 saturated heterocycles. The lowest BCUT2D eigenvalue weighted by Crippen LogP contribution is -2.95. The normalized spacial score (nSPS) is 47.7. The summed E-state index contributed by atoms with van der Waals surface area (Å²) >= 11 is 0. The van der Waals surface area contributed by atoms with Gasteiger partial charge in [-0.15, -0.1) is 0 Å². The van der Waals surface area contributed by atoms with Gasteiger partial charge in [0.2, 0.25) is 0 Å². The fourth-order valence-electron chi connectivity index (χ4n) is 9.80. The molecule has 3 heterocycles. The van der Waals surface area contributed by atoms with Crippen LogP contribution in [0.5, 0.6) is 0 Å². The van der Waals surface area contributed by atoms with Crippen LogP contribution in [-0.2, 0) is 4.74 Å². The molecule has 6 fully saturated rings. The third kappa shape index (κ3) is 4.19. The Morgan fingerprint density at radius 3 is 2.50 bits per heavy atom. The summed E-state index contributed by atoms with van der Waals surface area (Å²) in [6.07, 6.45) is 18.5. The van der Waals surface area contributed by atoms with Crippen LogP contribution in [0.1, 0.15) is 104 Å². The number of nitrogens with two attached hydrogens (primary N) is 2. The van der Waals surface area contributed by atoms with E-state index in [9.17, 15) is 5.11 Å². The lowest BCUT2D eigenvalue weighted by molar-refractivity contribution is -0.703. The van der Waals surface area contributed by atoms with Gasteiger partial charge in [-0.2, -0.15) is 0 Å². The maximum atomic E-state index is 9.89. The number of aliphatic hydroxyl groups excluding tert-OH is 1. The van der Waals surface area contributed by atoms with Crippen LogP contribution in [-0.4, -0.2) is 41.2 Å². The van der Waals surface area contributed by atoms with Gasteiger partial charge in [-0.25, -0.2) is 0 Å². The molecule has 32 heavy (non-hydrogen) atoms. The second-order valence-corrected chi connectivity index (χ2v) is 13.6. The Hall–Kier alpha value is -0.200. The lowest BCUT2D eigenvalue weighted by Gasteiger charge is -2.64. The Labute approximate surface area is 195 Å². The molecule has 0 amide bonds. The first-order chi connectivity index (χ1) is 15.2. The summed E-state index contributed by atoms with van der Waals surface area (Å²) in [7, 11) is 0. The molecule has 5 heteroatoms. The van der Waals surface area contributed by atoms with Crippen molar-refractivity contribution >= 4 is 0 Å². The van der Waals surface area contributed by atoms with Crippen molar-refractivity contribution in [3.63, 3.8) is 0 Å². The van der Waals surface area contributed by atoms with E-state index in [2.05, 4.69) is 19.2 Å². The van der Waals surface area contributed by atoms with Crippen molar-refractivity contribution in [3.8, 4) is 0 Å². The molecule has 3 aliphatic heterocycles. The topological polar surface area (TPSA) is 99.7 Å². The predicted molar refractivity (Wildman–Crippen MR) is 126 cm³/mol. The molecule has 3 saturated carbocycles. The predicted octanol–water partition coefficient (Wildman–Crippen LogP) is 2.32. The van der Waals surface area contributed by atoms with E-state index in [0.29, 0.717) is 23.4 Å². The Balaban J connectivity index is 1.39. The van der Waals surface area contributed by atoms with Crippen molar-refractivity contribution < 1.29 is 20.9 Å². The molecular formula is C27H51N3O2+2. The van der Waals surface area contributed by atoms with E-state index in [1.54, 1.807) is 0 Å². The zero-order chi connectivity index (χ0) is 22.6. The molecule has 3 aliphatic carbocycles. The summed E-state index contributed by atoms with van der Waals surface area (Å²) in [5.74, 6) is 2.81. The van der Waals surface area contributed by atoms with Gasteiger partial charge in [0.15, 0.2) is 0 Å². The quantitative estimate of drug-likeness (QED) is 0.518. The minimum Gasteiger partial charge on any atom is -0.396 e. The molecular weight excluding hydrogens is 398 g/mol. The Morgan fingerprint density at radius 1 is 1.06 bits per heavy atom. The Kier molecular flexibility index (Phi) is 6.24. The molecule has 0 radical (unpaired) electrons. The summed E-state index contributed by atoms with van der Waals surface area (Å²) < 4.78 is 7.15. The van der Waals surface area contributed by atoms with Crippen molar-refractivity contribution in [2.24, 2.45) is 34.8 Å². The second-order valence-electron chi connectivity index (χ2n) is 13.6. The lowest BCUT2D eigenvalue weighted by atomic mass is 9.51. The minimum absolute atomic E-state index is 0.0233. The van der Waals surface area contributed by atoms with Crippen molar-refractivity contribution in [1.82, 2.24) is 0 Å². The van der Waals surface area contributed by atoms with Crippen LogP contribution in [0.3, 0.4) is 0 Å². The van der Waals surface area contributed by atoms with Crippen LogP contribution in [0.15, 0.2) is 0 Å². The van der Waals surface area contributed by atoms with E-state index in [0.717, 1.165) is 24.7 Å². The largest absolute Gasteiger partial charge is 0.396 e. The highest BCUT2D eigenvalue weighted by molar-refractivity contribution is 5.14. The smallest absolute Gasteiger partial charge is 0.137 e. The minimum atomic E-state index is -0.127. The molecule has 7 atom stereocenters. The SMILES string of the molecule is CC1(C)O[C@@]2([C@H]3C[C@@H](CC4CCC(N)[NH2+]C4)CC4(CCCC4)C3)CC[C@H]1[C@]([NH3+])(CCO)C2. The maximum absolute atomic E-state index is 9.89. The van der Waals surface area contributed by atoms with Crippen LogP contribution < -0.4 is 16.8 Å². The first kappa shape index (κ1) is 23.5. The highest BCUT2D eigenvalue weighted by atomic mass is 16.5. The highest BCUT2D eigenvalue weighted by Gasteiger charge is 2.66. The van der Waals surface area contributed by atoms with Gasteiger partial charge < -0.3 is 20.9 Å². The van der Waals surface area contributed by atoms with Crippen molar-refractivity contribution in [2.75, 3.05) is 13.2 Å². The van der Waals surface area contributed by atoms with Gasteiger partial charge in [-0.3, -0.25) is 5.73 Å². The molecule has 5 nitrogen and oxygen atoms in total. The average Bonchev–Trinajstić information content (AvgIpc) is 3.15. The van der Waals surface area contributed by atoms with Crippen LogP contribution >= 0.6 is 0 Å². The van der Waals surface area contributed by atoms with Gasteiger partial charge in [-0.1, -0.05) is 12.8 Å². The van der Waals surface area contributed by atoms with Crippen molar-refractivity contribution in [2.45, 2.75) is 127 Å². The summed E-state index contributed by atoms with van der Waals surface area (Å²) in [4.78, 5) is 0. The number of hydrogen-bond acceptors (Lipinski definition) is 3. The summed E-state index contributed by atoms with van der Waals surface area (Å²) in [6, 6.07) is 0. The molecule has 2 bridgehead atoms. The van der Waals surface area contributed by atoms with Gasteiger partial charge >= 0.3 is 0 Å². The zero-order valence-electron chi connectivity index (χ0n) is 20.9. The number of ether oxygens (including phenoxy) is 1. The van der Waals surface area contributed by atoms with Gasteiger partial charge in [-0.05, 0) is 88.9 Å². The first-order valence-corrected chi connectivity index (χ1v) is 13.9. The Morgan fingerprint density at radius 2 is 1.84 bits per heavy atom. The molecule has 6 aliphatic rings. The molecule has 184 valence electrons. The van der Waals surface area contributed by atoms with E-state index >= 15 is 0 Å². The molecule has 2 unspecified atom stereocenters.